The number of nitrogens with zero attached hydrogens (tertiary/aromatic N) is 1. The van der Waals surface area contributed by atoms with Gasteiger partial charge in [0.15, 0.2) is 0 Å². The van der Waals surface area contributed by atoms with E-state index in [0.29, 0.717) is 11.9 Å². The van der Waals surface area contributed by atoms with Gasteiger partial charge >= 0.3 is 13.6 Å². The van der Waals surface area contributed by atoms with Crippen molar-refractivity contribution in [3.8, 4) is 0 Å². The lowest BCUT2D eigenvalue weighted by Gasteiger charge is -2.12. The highest BCUT2D eigenvalue weighted by Gasteiger charge is 2.33. The van der Waals surface area contributed by atoms with Gasteiger partial charge in [-0.05, 0) is 36.2 Å². The summed E-state index contributed by atoms with van der Waals surface area (Å²) < 4.78 is 29.3. The Morgan fingerprint density at radius 3 is 2.37 bits per heavy atom. The van der Waals surface area contributed by atoms with Gasteiger partial charge in [-0.1, -0.05) is 30.3 Å². The molecule has 0 unspecified atom stereocenters. The molecule has 8 heteroatoms. The van der Waals surface area contributed by atoms with Crippen LogP contribution in [-0.4, -0.2) is 36.9 Å². The van der Waals surface area contributed by atoms with Crippen molar-refractivity contribution in [1.29, 1.82) is 0 Å². The Labute approximate surface area is 175 Å². The summed E-state index contributed by atoms with van der Waals surface area (Å²) >= 11 is 0. The first-order valence-corrected chi connectivity index (χ1v) is 11.0. The van der Waals surface area contributed by atoms with E-state index in [9.17, 15) is 14.2 Å². The van der Waals surface area contributed by atoms with E-state index in [-0.39, 0.29) is 24.6 Å². The molecule has 0 saturated heterocycles. The Morgan fingerprint density at radius 1 is 1.03 bits per heavy atom. The minimum Gasteiger partial charge on any atom is -0.466 e. The normalized spacial score (nSPS) is 11.6. The number of aromatic nitrogens is 1. The highest BCUT2D eigenvalue weighted by Crippen LogP contribution is 2.49. The summed E-state index contributed by atoms with van der Waals surface area (Å²) in [5.74, 6) is -0.354. The van der Waals surface area contributed by atoms with Gasteiger partial charge in [0.25, 0.3) is 5.52 Å². The fourth-order valence-electron chi connectivity index (χ4n) is 3.32. The van der Waals surface area contributed by atoms with Crippen molar-refractivity contribution in [1.82, 2.24) is 4.57 Å². The molecule has 0 radical (unpaired) electrons. The number of hydrogen-bond acceptors (Lipinski definition) is 6. The smallest absolute Gasteiger partial charge is 0.401 e. The molecule has 1 aromatic heterocycles. The van der Waals surface area contributed by atoms with Gasteiger partial charge in [-0.15, -0.1) is 0 Å². The summed E-state index contributed by atoms with van der Waals surface area (Å²) in [6.45, 7) is 2.64. The third-order valence-electron chi connectivity index (χ3n) is 4.78. The van der Waals surface area contributed by atoms with E-state index in [1.807, 2.05) is 41.1 Å². The summed E-state index contributed by atoms with van der Waals surface area (Å²) in [4.78, 5) is 24.8. The molecule has 0 aliphatic rings. The van der Waals surface area contributed by atoms with Crippen molar-refractivity contribution in [3.05, 3.63) is 71.4 Å². The molecule has 1 heterocycles. The van der Waals surface area contributed by atoms with E-state index >= 15 is 0 Å². The molecule has 0 fully saturated rings. The highest BCUT2D eigenvalue weighted by atomic mass is 31.2. The quantitative estimate of drug-likeness (QED) is 0.370. The summed E-state index contributed by atoms with van der Waals surface area (Å²) in [5.41, 5.74) is 2.13. The Balaban J connectivity index is 2.07. The summed E-state index contributed by atoms with van der Waals surface area (Å²) in [6, 6.07) is 14.9. The molecule has 158 valence electrons. The largest absolute Gasteiger partial charge is 0.466 e. The Morgan fingerprint density at radius 2 is 1.73 bits per heavy atom. The van der Waals surface area contributed by atoms with E-state index in [4.69, 9.17) is 13.8 Å². The van der Waals surface area contributed by atoms with Crippen LogP contribution >= 0.6 is 7.60 Å². The fourth-order valence-corrected chi connectivity index (χ4v) is 4.26. The van der Waals surface area contributed by atoms with E-state index in [2.05, 4.69) is 0 Å². The van der Waals surface area contributed by atoms with E-state index < -0.39 is 13.1 Å². The average molecular weight is 429 g/mol. The van der Waals surface area contributed by atoms with Crippen molar-refractivity contribution in [2.75, 3.05) is 20.8 Å². The zero-order valence-electron chi connectivity index (χ0n) is 17.2. The number of benzene rings is 2. The second kappa shape index (κ2) is 9.39. The Bertz CT molecular complexity index is 1100. The fraction of sp³-hybridized carbons (Fsp3) is 0.273. The van der Waals surface area contributed by atoms with Gasteiger partial charge in [0.05, 0.1) is 13.0 Å². The number of rotatable bonds is 9. The number of fused-ring (bicyclic) bond motifs is 1. The lowest BCUT2D eigenvalue weighted by atomic mass is 10.1. The van der Waals surface area contributed by atoms with Crippen molar-refractivity contribution in [3.63, 3.8) is 0 Å². The van der Waals surface area contributed by atoms with Crippen molar-refractivity contribution in [2.45, 2.75) is 19.9 Å². The van der Waals surface area contributed by atoms with Gasteiger partial charge in [-0.25, -0.2) is 0 Å². The molecule has 0 amide bonds. The van der Waals surface area contributed by atoms with Crippen molar-refractivity contribution < 1.29 is 27.9 Å². The van der Waals surface area contributed by atoms with Gasteiger partial charge in [0.1, 0.15) is 0 Å². The van der Waals surface area contributed by atoms with Crippen LogP contribution in [0, 0.1) is 0 Å². The lowest BCUT2D eigenvalue weighted by molar-refractivity contribution is -0.142. The predicted octanol–water partition coefficient (Wildman–Crippen LogP) is 4.42. The second-order valence-electron chi connectivity index (χ2n) is 6.65. The van der Waals surface area contributed by atoms with E-state index in [0.717, 1.165) is 16.6 Å². The summed E-state index contributed by atoms with van der Waals surface area (Å²) in [6.07, 6.45) is 1.95. The number of carbonyl (C=O) groups is 2. The summed E-state index contributed by atoms with van der Waals surface area (Å²) in [7, 11) is -1.57. The third-order valence-corrected chi connectivity index (χ3v) is 6.49. The minimum atomic E-state index is -3.91. The molecular weight excluding hydrogens is 405 g/mol. The van der Waals surface area contributed by atoms with Crippen LogP contribution in [0.4, 0.5) is 0 Å². The summed E-state index contributed by atoms with van der Waals surface area (Å²) in [5, 5.41) is 0.712. The number of esters is 1. The standard InChI is InChI=1S/C22H24NO6P/c1-4-29-21(24)13-18-15-23(14-16-8-6-5-7-9-16)20-11-10-17(12-19(18)20)22(25)30(26,27-2)28-3/h5-12,15H,4,13-14H2,1-3H3. The first-order chi connectivity index (χ1) is 14.4. The van der Waals surface area contributed by atoms with Crippen LogP contribution in [0.5, 0.6) is 0 Å². The molecule has 0 saturated carbocycles. The van der Waals surface area contributed by atoms with Crippen LogP contribution in [0.2, 0.25) is 0 Å². The van der Waals surface area contributed by atoms with Gasteiger partial charge in [-0.3, -0.25) is 14.2 Å². The molecule has 0 bridgehead atoms. The molecule has 30 heavy (non-hydrogen) atoms. The molecule has 3 aromatic rings. The van der Waals surface area contributed by atoms with Gasteiger partial charge in [0.2, 0.25) is 0 Å². The van der Waals surface area contributed by atoms with Gasteiger partial charge in [-0.2, -0.15) is 0 Å². The monoisotopic (exact) mass is 429 g/mol. The van der Waals surface area contributed by atoms with Crippen molar-refractivity contribution in [2.24, 2.45) is 0 Å². The topological polar surface area (TPSA) is 83.8 Å². The molecule has 0 spiro atoms. The third kappa shape index (κ3) is 4.54. The van der Waals surface area contributed by atoms with E-state index in [1.165, 1.54) is 14.2 Å². The molecule has 0 N–H and O–H groups in total. The highest BCUT2D eigenvalue weighted by molar-refractivity contribution is 7.72. The SMILES string of the molecule is CCOC(=O)Cc1cn(Cc2ccccc2)c2ccc(C(=O)P(=O)(OC)OC)cc12. The number of hydrogen-bond donors (Lipinski definition) is 0. The Kier molecular flexibility index (Phi) is 6.87. The minimum absolute atomic E-state index is 0.0655. The van der Waals surface area contributed by atoms with Gasteiger partial charge < -0.3 is 18.4 Å². The van der Waals surface area contributed by atoms with Crippen LogP contribution < -0.4 is 0 Å². The van der Waals surface area contributed by atoms with Crippen LogP contribution in [0.3, 0.4) is 0 Å². The molecular formula is C22H24NO6P. The maximum atomic E-state index is 12.7. The Hall–Kier alpha value is -2.73. The first-order valence-electron chi connectivity index (χ1n) is 9.49. The van der Waals surface area contributed by atoms with Crippen LogP contribution in [0.1, 0.15) is 28.4 Å². The first kappa shape index (κ1) is 22.0. The van der Waals surface area contributed by atoms with Gasteiger partial charge in [0, 0.05) is 43.4 Å². The average Bonchev–Trinajstić information content (AvgIpc) is 3.09. The molecule has 0 aliphatic heterocycles. The maximum Gasteiger partial charge on any atom is 0.401 e. The molecule has 0 aliphatic carbocycles. The zero-order valence-corrected chi connectivity index (χ0v) is 18.1. The molecule has 3 rings (SSSR count). The van der Waals surface area contributed by atoms with E-state index in [1.54, 1.807) is 25.1 Å². The zero-order chi connectivity index (χ0) is 21.7. The van der Waals surface area contributed by atoms with Crippen LogP contribution in [-0.2, 0) is 36.1 Å². The molecule has 0 atom stereocenters. The number of ether oxygens (including phenoxy) is 1. The lowest BCUT2D eigenvalue weighted by Crippen LogP contribution is -2.07. The van der Waals surface area contributed by atoms with Crippen molar-refractivity contribution >= 4 is 30.0 Å². The maximum absolute atomic E-state index is 12.7. The predicted molar refractivity (Wildman–Crippen MR) is 114 cm³/mol. The van der Waals surface area contributed by atoms with Crippen LogP contribution in [0.15, 0.2) is 54.7 Å². The molecule has 2 aromatic carbocycles. The second-order valence-corrected chi connectivity index (χ2v) is 8.78. The number of carbonyl (C=O) groups excluding carboxylic acids is 2. The molecule has 7 nitrogen and oxygen atoms in total. The van der Waals surface area contributed by atoms with Crippen LogP contribution in [0.25, 0.3) is 10.9 Å².